The number of aromatic nitrogens is 2. The normalized spacial score (nSPS) is 19.6. The van der Waals surface area contributed by atoms with Gasteiger partial charge in [0.2, 0.25) is 5.13 Å². The van der Waals surface area contributed by atoms with Gasteiger partial charge in [0.15, 0.2) is 4.34 Å². The average molecular weight is 590 g/mol. The van der Waals surface area contributed by atoms with E-state index >= 15 is 0 Å². The van der Waals surface area contributed by atoms with E-state index in [1.54, 1.807) is 36.4 Å². The first-order valence-electron chi connectivity index (χ1n) is 12.7. The minimum Gasteiger partial charge on any atom is -0.507 e. The fraction of sp³-hybridized carbons (Fsp3) is 0.200. The van der Waals surface area contributed by atoms with Crippen molar-refractivity contribution in [3.8, 4) is 5.75 Å². The number of Topliss-reactive ketones (excluding diaryl/α,β-unsaturated/α-hetero) is 1. The van der Waals surface area contributed by atoms with Crippen LogP contribution in [0.25, 0.3) is 5.76 Å². The highest BCUT2D eigenvalue weighted by Crippen LogP contribution is 2.44. The van der Waals surface area contributed by atoms with Crippen LogP contribution in [0.1, 0.15) is 40.8 Å². The fourth-order valence-corrected chi connectivity index (χ4v) is 6.85. The van der Waals surface area contributed by atoms with Crippen molar-refractivity contribution in [2.75, 3.05) is 4.90 Å². The van der Waals surface area contributed by atoms with Crippen LogP contribution in [0.2, 0.25) is 5.02 Å². The molecule has 6 rings (SSSR count). The Balaban J connectivity index is 1.38. The number of amides is 1. The van der Waals surface area contributed by atoms with Gasteiger partial charge in [-0.05, 0) is 60.9 Å². The Bertz CT molecular complexity index is 1650. The van der Waals surface area contributed by atoms with Gasteiger partial charge in [-0.3, -0.25) is 14.5 Å². The summed E-state index contributed by atoms with van der Waals surface area (Å²) in [4.78, 5) is 28.3. The number of benzene rings is 3. The standard InChI is InChI=1S/C30H24ClN3O4S2/c1-16-3-5-18(6-4-16)15-39-30-33-32-29(40-30)34-25(19-7-10-22(31)11-8-19)24(27(36)28(34)37)26(35)20-9-12-23-21(14-20)13-17(2)38-23/h3-12,14,17,25,35H,13,15H2,1-2H3/b26-24+. The van der Waals surface area contributed by atoms with Crippen molar-refractivity contribution in [1.29, 1.82) is 0 Å². The quantitative estimate of drug-likeness (QED) is 0.0875. The number of carbonyl (C=O) groups is 2. The van der Waals surface area contributed by atoms with Crippen LogP contribution < -0.4 is 9.64 Å². The molecule has 0 spiro atoms. The lowest BCUT2D eigenvalue weighted by molar-refractivity contribution is -0.132. The summed E-state index contributed by atoms with van der Waals surface area (Å²) in [6.07, 6.45) is 0.724. The number of thioether (sulfide) groups is 1. The molecule has 1 fully saturated rings. The van der Waals surface area contributed by atoms with Crippen LogP contribution in [0.4, 0.5) is 5.13 Å². The lowest BCUT2D eigenvalue weighted by Crippen LogP contribution is -2.29. The third-order valence-electron chi connectivity index (χ3n) is 6.88. The predicted molar refractivity (Wildman–Crippen MR) is 157 cm³/mol. The zero-order valence-corrected chi connectivity index (χ0v) is 24.0. The van der Waals surface area contributed by atoms with Crippen LogP contribution in [-0.2, 0) is 21.8 Å². The van der Waals surface area contributed by atoms with Gasteiger partial charge < -0.3 is 9.84 Å². The summed E-state index contributed by atoms with van der Waals surface area (Å²) in [6.45, 7) is 4.01. The number of hydrogen-bond donors (Lipinski definition) is 1. The van der Waals surface area contributed by atoms with Crippen LogP contribution in [0.15, 0.2) is 76.6 Å². The molecule has 2 aliphatic heterocycles. The maximum atomic E-state index is 13.5. The second kappa shape index (κ2) is 10.7. The van der Waals surface area contributed by atoms with Crippen molar-refractivity contribution < 1.29 is 19.4 Å². The smallest absolute Gasteiger partial charge is 0.301 e. The lowest BCUT2D eigenvalue weighted by atomic mass is 9.94. The third kappa shape index (κ3) is 5.00. The fourth-order valence-electron chi connectivity index (χ4n) is 4.90. The largest absolute Gasteiger partial charge is 0.507 e. The molecule has 3 heterocycles. The van der Waals surface area contributed by atoms with Crippen molar-refractivity contribution in [3.63, 3.8) is 0 Å². The highest BCUT2D eigenvalue weighted by molar-refractivity contribution is 8.00. The maximum absolute atomic E-state index is 13.5. The second-order valence-corrected chi connectivity index (χ2v) is 12.4. The number of ether oxygens (including phenoxy) is 1. The van der Waals surface area contributed by atoms with E-state index in [2.05, 4.69) is 34.5 Å². The van der Waals surface area contributed by atoms with Crippen LogP contribution in [0.3, 0.4) is 0 Å². The number of aryl methyl sites for hydroxylation is 1. The Hall–Kier alpha value is -3.66. The SMILES string of the molecule is Cc1ccc(CSc2nnc(N3C(=O)C(=O)/C(=C(/O)c4ccc5c(c4)CC(C)O5)C3c3ccc(Cl)cc3)s2)cc1. The topological polar surface area (TPSA) is 92.6 Å². The lowest BCUT2D eigenvalue weighted by Gasteiger charge is -2.22. The average Bonchev–Trinajstić information content (AvgIpc) is 3.63. The Morgan fingerprint density at radius 1 is 1.10 bits per heavy atom. The van der Waals surface area contributed by atoms with Gasteiger partial charge in [-0.1, -0.05) is 76.7 Å². The molecule has 1 aromatic heterocycles. The van der Waals surface area contributed by atoms with Gasteiger partial charge in [-0.15, -0.1) is 10.2 Å². The molecule has 4 aromatic rings. The molecule has 1 N–H and O–H groups in total. The van der Waals surface area contributed by atoms with Crippen LogP contribution in [-0.4, -0.2) is 33.1 Å². The first-order chi connectivity index (χ1) is 19.3. The molecule has 0 radical (unpaired) electrons. The van der Waals surface area contributed by atoms with Gasteiger partial charge in [0.05, 0.1) is 11.6 Å². The molecule has 202 valence electrons. The molecular weight excluding hydrogens is 566 g/mol. The third-order valence-corrected chi connectivity index (χ3v) is 9.26. The summed E-state index contributed by atoms with van der Waals surface area (Å²) in [7, 11) is 0. The van der Waals surface area contributed by atoms with Gasteiger partial charge in [-0.25, -0.2) is 0 Å². The highest BCUT2D eigenvalue weighted by Gasteiger charge is 2.48. The molecule has 2 unspecified atom stereocenters. The Morgan fingerprint density at radius 3 is 2.60 bits per heavy atom. The molecule has 0 aliphatic carbocycles. The van der Waals surface area contributed by atoms with E-state index in [9.17, 15) is 14.7 Å². The number of aliphatic hydroxyl groups is 1. The van der Waals surface area contributed by atoms with Crippen LogP contribution in [0.5, 0.6) is 5.75 Å². The summed E-state index contributed by atoms with van der Waals surface area (Å²) in [6, 6.07) is 19.5. The molecule has 2 atom stereocenters. The number of anilines is 1. The number of nitrogens with zero attached hydrogens (tertiary/aromatic N) is 3. The van der Waals surface area contributed by atoms with Gasteiger partial charge in [0, 0.05) is 22.8 Å². The van der Waals surface area contributed by atoms with Crippen LogP contribution >= 0.6 is 34.7 Å². The summed E-state index contributed by atoms with van der Waals surface area (Å²) in [5, 5.41) is 20.8. The maximum Gasteiger partial charge on any atom is 0.301 e. The molecule has 10 heteroatoms. The van der Waals surface area contributed by atoms with E-state index in [-0.39, 0.29) is 22.6 Å². The summed E-state index contributed by atoms with van der Waals surface area (Å²) < 4.78 is 6.45. The molecule has 0 bridgehead atoms. The van der Waals surface area contributed by atoms with E-state index in [4.69, 9.17) is 16.3 Å². The van der Waals surface area contributed by atoms with Gasteiger partial charge in [0.25, 0.3) is 5.78 Å². The number of hydrogen-bond acceptors (Lipinski definition) is 8. The van der Waals surface area contributed by atoms with Crippen LogP contribution in [0, 0.1) is 6.92 Å². The molecular formula is C30H24ClN3O4S2. The van der Waals surface area contributed by atoms with Crippen molar-refractivity contribution in [2.24, 2.45) is 0 Å². The van der Waals surface area contributed by atoms with Crippen molar-refractivity contribution in [3.05, 3.63) is 105 Å². The van der Waals surface area contributed by atoms with E-state index in [0.717, 1.165) is 16.9 Å². The molecule has 7 nitrogen and oxygen atoms in total. The van der Waals surface area contributed by atoms with Gasteiger partial charge in [-0.2, -0.15) is 0 Å². The predicted octanol–water partition coefficient (Wildman–Crippen LogP) is 6.74. The number of aliphatic hydroxyl groups excluding tert-OH is 1. The Morgan fingerprint density at radius 2 is 1.85 bits per heavy atom. The number of ketones is 1. The molecule has 3 aromatic carbocycles. The Kier molecular flexibility index (Phi) is 7.12. The van der Waals surface area contributed by atoms with Crippen molar-refractivity contribution >= 4 is 57.3 Å². The van der Waals surface area contributed by atoms with E-state index in [1.807, 2.05) is 19.9 Å². The van der Waals surface area contributed by atoms with E-state index < -0.39 is 17.7 Å². The molecule has 1 saturated heterocycles. The van der Waals surface area contributed by atoms with Crippen molar-refractivity contribution in [2.45, 2.75) is 42.5 Å². The zero-order chi connectivity index (χ0) is 28.0. The zero-order valence-electron chi connectivity index (χ0n) is 21.6. The molecule has 1 amide bonds. The number of fused-ring (bicyclic) bond motifs is 1. The minimum atomic E-state index is -0.899. The molecule has 0 saturated carbocycles. The first-order valence-corrected chi connectivity index (χ1v) is 14.8. The summed E-state index contributed by atoms with van der Waals surface area (Å²) in [5.41, 5.74) is 4.32. The van der Waals surface area contributed by atoms with Gasteiger partial charge >= 0.3 is 5.91 Å². The summed E-state index contributed by atoms with van der Waals surface area (Å²) >= 11 is 8.88. The van der Waals surface area contributed by atoms with Crippen molar-refractivity contribution in [1.82, 2.24) is 10.2 Å². The molecule has 2 aliphatic rings. The van der Waals surface area contributed by atoms with E-state index in [1.165, 1.54) is 33.6 Å². The first kappa shape index (κ1) is 26.6. The van der Waals surface area contributed by atoms with E-state index in [0.29, 0.717) is 32.7 Å². The number of carbonyl (C=O) groups excluding carboxylic acids is 2. The summed E-state index contributed by atoms with van der Waals surface area (Å²) in [5.74, 6) is -0.364. The monoisotopic (exact) mass is 589 g/mol. The number of halogens is 1. The second-order valence-electron chi connectivity index (χ2n) is 9.80. The minimum absolute atomic E-state index is 0.0108. The highest BCUT2D eigenvalue weighted by atomic mass is 35.5. The van der Waals surface area contributed by atoms with Gasteiger partial charge in [0.1, 0.15) is 17.6 Å². The number of rotatable bonds is 6. The molecule has 40 heavy (non-hydrogen) atoms. The Labute approximate surface area is 244 Å².